The first-order chi connectivity index (χ1) is 5.64. The van der Waals surface area contributed by atoms with Crippen LogP contribution in [0.5, 0.6) is 0 Å². The monoisotopic (exact) mass is 166 g/mol. The molecule has 0 aliphatic heterocycles. The summed E-state index contributed by atoms with van der Waals surface area (Å²) < 4.78 is 0. The van der Waals surface area contributed by atoms with Gasteiger partial charge in [-0.3, -0.25) is 0 Å². The highest BCUT2D eigenvalue weighted by molar-refractivity contribution is 5.25. The number of hydrogen-bond acceptors (Lipinski definition) is 1. The molecule has 0 atom stereocenters. The summed E-state index contributed by atoms with van der Waals surface area (Å²) in [6.45, 7) is 4.78. The van der Waals surface area contributed by atoms with Gasteiger partial charge in [0.2, 0.25) is 0 Å². The van der Waals surface area contributed by atoms with Crippen molar-refractivity contribution in [2.24, 2.45) is 5.41 Å². The van der Waals surface area contributed by atoms with Gasteiger partial charge in [-0.15, -0.1) is 0 Å². The second kappa shape index (κ2) is 3.90. The predicted octanol–water partition coefficient (Wildman–Crippen LogP) is 2.67. The second-order valence-corrected chi connectivity index (χ2v) is 4.13. The van der Waals surface area contributed by atoms with Crippen LogP contribution < -0.4 is 0 Å². The van der Waals surface area contributed by atoms with E-state index in [0.29, 0.717) is 12.0 Å². The van der Waals surface area contributed by atoms with Crippen molar-refractivity contribution in [2.75, 3.05) is 6.61 Å². The molecule has 0 radical (unpaired) electrons. The van der Waals surface area contributed by atoms with Crippen molar-refractivity contribution in [2.45, 2.75) is 33.1 Å². The summed E-state index contributed by atoms with van der Waals surface area (Å²) in [5, 5.41) is 8.65. The zero-order valence-electron chi connectivity index (χ0n) is 8.01. The number of allylic oxidation sites excluding steroid dienone is 4. The number of aliphatic hydroxyl groups is 1. The van der Waals surface area contributed by atoms with Crippen LogP contribution in [0.25, 0.3) is 0 Å². The molecule has 0 saturated heterocycles. The van der Waals surface area contributed by atoms with Gasteiger partial charge in [0.1, 0.15) is 0 Å². The average Bonchev–Trinajstić information content (AvgIpc) is 2.03. The Balaban J connectivity index is 2.42. The van der Waals surface area contributed by atoms with Gasteiger partial charge in [0.05, 0.1) is 0 Å². The second-order valence-electron chi connectivity index (χ2n) is 4.13. The van der Waals surface area contributed by atoms with Gasteiger partial charge in [-0.1, -0.05) is 37.6 Å². The van der Waals surface area contributed by atoms with Gasteiger partial charge in [-0.05, 0) is 24.7 Å². The van der Waals surface area contributed by atoms with Gasteiger partial charge in [0.15, 0.2) is 0 Å². The first-order valence-corrected chi connectivity index (χ1v) is 4.63. The fraction of sp³-hybridized carbons (Fsp3) is 0.636. The third-order valence-electron chi connectivity index (χ3n) is 2.26. The van der Waals surface area contributed by atoms with E-state index in [1.807, 2.05) is 0 Å². The Kier molecular flexibility index (Phi) is 3.10. The summed E-state index contributed by atoms with van der Waals surface area (Å²) in [4.78, 5) is 0. The maximum absolute atomic E-state index is 8.65. The summed E-state index contributed by atoms with van der Waals surface area (Å²) in [6.07, 6.45) is 9.78. The van der Waals surface area contributed by atoms with Gasteiger partial charge < -0.3 is 5.11 Å². The van der Waals surface area contributed by atoms with Gasteiger partial charge in [0.25, 0.3) is 0 Å². The summed E-state index contributed by atoms with van der Waals surface area (Å²) in [7, 11) is 0. The SMILES string of the molecule is CC1(C)C=CC(CCCO)=CC1. The van der Waals surface area contributed by atoms with Crippen LogP contribution in [0.15, 0.2) is 23.8 Å². The minimum absolute atomic E-state index is 0.300. The van der Waals surface area contributed by atoms with E-state index in [1.165, 1.54) is 5.57 Å². The molecule has 1 nitrogen and oxygen atoms in total. The van der Waals surface area contributed by atoms with E-state index in [1.54, 1.807) is 0 Å². The van der Waals surface area contributed by atoms with Crippen molar-refractivity contribution >= 4 is 0 Å². The molecule has 1 heteroatoms. The van der Waals surface area contributed by atoms with Gasteiger partial charge in [-0.2, -0.15) is 0 Å². The van der Waals surface area contributed by atoms with Crippen LogP contribution in [0.4, 0.5) is 0 Å². The van der Waals surface area contributed by atoms with Crippen LogP contribution in [-0.4, -0.2) is 11.7 Å². The van der Waals surface area contributed by atoms with Crippen molar-refractivity contribution in [3.63, 3.8) is 0 Å². The average molecular weight is 166 g/mol. The maximum atomic E-state index is 8.65. The third-order valence-corrected chi connectivity index (χ3v) is 2.26. The number of hydrogen-bond donors (Lipinski definition) is 1. The predicted molar refractivity (Wildman–Crippen MR) is 51.9 cm³/mol. The molecule has 1 aliphatic carbocycles. The van der Waals surface area contributed by atoms with Crippen molar-refractivity contribution in [3.05, 3.63) is 23.8 Å². The molecule has 0 bridgehead atoms. The zero-order valence-corrected chi connectivity index (χ0v) is 8.01. The highest BCUT2D eigenvalue weighted by Gasteiger charge is 2.15. The van der Waals surface area contributed by atoms with E-state index >= 15 is 0 Å². The quantitative estimate of drug-likeness (QED) is 0.683. The third kappa shape index (κ3) is 2.82. The highest BCUT2D eigenvalue weighted by Crippen LogP contribution is 2.29. The lowest BCUT2D eigenvalue weighted by molar-refractivity contribution is 0.288. The smallest absolute Gasteiger partial charge is 0.0434 e. The first kappa shape index (κ1) is 9.53. The lowest BCUT2D eigenvalue weighted by atomic mass is 9.83. The lowest BCUT2D eigenvalue weighted by Gasteiger charge is -2.22. The summed E-state index contributed by atoms with van der Waals surface area (Å²) in [6, 6.07) is 0. The van der Waals surface area contributed by atoms with E-state index in [-0.39, 0.29) is 0 Å². The number of rotatable bonds is 3. The summed E-state index contributed by atoms with van der Waals surface area (Å²) in [5.41, 5.74) is 1.71. The molecular formula is C11H18O. The highest BCUT2D eigenvalue weighted by atomic mass is 16.2. The fourth-order valence-electron chi connectivity index (χ4n) is 1.33. The Morgan fingerprint density at radius 3 is 2.75 bits per heavy atom. The molecule has 1 aliphatic rings. The molecule has 12 heavy (non-hydrogen) atoms. The number of aliphatic hydroxyl groups excluding tert-OH is 1. The standard InChI is InChI=1S/C11H18O/c1-11(2)7-5-10(6-8-11)4-3-9-12/h5-7,12H,3-4,8-9H2,1-2H3. The summed E-state index contributed by atoms with van der Waals surface area (Å²) in [5.74, 6) is 0. The molecule has 0 unspecified atom stereocenters. The van der Waals surface area contributed by atoms with E-state index in [2.05, 4.69) is 32.1 Å². The van der Waals surface area contributed by atoms with Crippen molar-refractivity contribution in [1.82, 2.24) is 0 Å². The Bertz CT molecular complexity index is 199. The molecule has 0 saturated carbocycles. The Hall–Kier alpha value is -0.560. The molecule has 0 amide bonds. The van der Waals surface area contributed by atoms with Crippen molar-refractivity contribution in [3.8, 4) is 0 Å². The topological polar surface area (TPSA) is 20.2 Å². The van der Waals surface area contributed by atoms with Crippen LogP contribution in [0.3, 0.4) is 0 Å². The van der Waals surface area contributed by atoms with Crippen molar-refractivity contribution in [1.29, 1.82) is 0 Å². The zero-order chi connectivity index (χ0) is 9.03. The molecular weight excluding hydrogens is 148 g/mol. The maximum Gasteiger partial charge on any atom is 0.0434 e. The molecule has 0 aromatic heterocycles. The van der Waals surface area contributed by atoms with E-state index in [4.69, 9.17) is 5.11 Å². The molecule has 1 N–H and O–H groups in total. The van der Waals surface area contributed by atoms with E-state index in [9.17, 15) is 0 Å². The van der Waals surface area contributed by atoms with Crippen molar-refractivity contribution < 1.29 is 5.11 Å². The first-order valence-electron chi connectivity index (χ1n) is 4.63. The largest absolute Gasteiger partial charge is 0.396 e. The fourth-order valence-corrected chi connectivity index (χ4v) is 1.33. The van der Waals surface area contributed by atoms with Crippen LogP contribution in [0, 0.1) is 5.41 Å². The van der Waals surface area contributed by atoms with Crippen LogP contribution in [0.2, 0.25) is 0 Å². The molecule has 0 heterocycles. The molecule has 1 rings (SSSR count). The molecule has 0 aromatic rings. The Morgan fingerprint density at radius 2 is 2.25 bits per heavy atom. The molecule has 0 aromatic carbocycles. The van der Waals surface area contributed by atoms with Gasteiger partial charge in [0, 0.05) is 6.61 Å². The normalized spacial score (nSPS) is 20.8. The lowest BCUT2D eigenvalue weighted by Crippen LogP contribution is -2.09. The van der Waals surface area contributed by atoms with E-state index in [0.717, 1.165) is 19.3 Å². The Labute approximate surface area is 74.8 Å². The molecule has 68 valence electrons. The minimum Gasteiger partial charge on any atom is -0.396 e. The van der Waals surface area contributed by atoms with Gasteiger partial charge >= 0.3 is 0 Å². The van der Waals surface area contributed by atoms with Crippen LogP contribution in [0.1, 0.15) is 33.1 Å². The Morgan fingerprint density at radius 1 is 1.50 bits per heavy atom. The molecule has 0 spiro atoms. The van der Waals surface area contributed by atoms with E-state index < -0.39 is 0 Å². The molecule has 0 fully saturated rings. The summed E-state index contributed by atoms with van der Waals surface area (Å²) >= 11 is 0. The van der Waals surface area contributed by atoms with Crippen LogP contribution >= 0.6 is 0 Å². The van der Waals surface area contributed by atoms with Gasteiger partial charge in [-0.25, -0.2) is 0 Å². The van der Waals surface area contributed by atoms with Crippen LogP contribution in [-0.2, 0) is 0 Å². The minimum atomic E-state index is 0.300.